The average Bonchev–Trinajstić information content (AvgIpc) is 2.94. The molecule has 0 saturated heterocycles. The van der Waals surface area contributed by atoms with E-state index in [9.17, 15) is 8.42 Å². The van der Waals surface area contributed by atoms with Crippen molar-refractivity contribution in [3.63, 3.8) is 0 Å². The van der Waals surface area contributed by atoms with Gasteiger partial charge in [-0.3, -0.25) is 5.10 Å². The Bertz CT molecular complexity index is 518. The fourth-order valence-corrected chi connectivity index (χ4v) is 4.15. The molecule has 1 fully saturated rings. The topological polar surface area (TPSA) is 86.9 Å². The summed E-state index contributed by atoms with van der Waals surface area (Å²) in [7, 11) is -3.53. The van der Waals surface area contributed by atoms with Crippen LogP contribution in [0.3, 0.4) is 0 Å². The second kappa shape index (κ2) is 5.60. The normalized spacial score (nSPS) is 18.8. The van der Waals surface area contributed by atoms with Gasteiger partial charge in [0.15, 0.2) is 5.03 Å². The third-order valence-electron chi connectivity index (χ3n) is 3.60. The van der Waals surface area contributed by atoms with Crippen LogP contribution in [0.4, 0.5) is 0 Å². The summed E-state index contributed by atoms with van der Waals surface area (Å²) in [6.45, 7) is 5.24. The van der Waals surface area contributed by atoms with Crippen LogP contribution in [0.1, 0.15) is 45.1 Å². The molecule has 1 aliphatic carbocycles. The van der Waals surface area contributed by atoms with Gasteiger partial charge in [-0.15, -0.1) is 0 Å². The van der Waals surface area contributed by atoms with E-state index in [1.54, 1.807) is 6.20 Å². The Morgan fingerprint density at radius 3 is 2.74 bits per heavy atom. The van der Waals surface area contributed by atoms with Gasteiger partial charge >= 0.3 is 0 Å². The minimum Gasteiger partial charge on any atom is -0.313 e. The van der Waals surface area contributed by atoms with Gasteiger partial charge in [-0.1, -0.05) is 19.8 Å². The summed E-state index contributed by atoms with van der Waals surface area (Å²) in [5.74, 6) is 0. The molecule has 1 heterocycles. The zero-order valence-electron chi connectivity index (χ0n) is 11.5. The van der Waals surface area contributed by atoms with E-state index in [0.29, 0.717) is 12.1 Å². The molecule has 1 saturated carbocycles. The lowest BCUT2D eigenvalue weighted by atomic mass is 10.0. The second-order valence-electron chi connectivity index (χ2n) is 5.38. The van der Waals surface area contributed by atoms with Crippen LogP contribution in [0.25, 0.3) is 0 Å². The molecule has 0 aliphatic heterocycles. The van der Waals surface area contributed by atoms with Gasteiger partial charge in [-0.25, -0.2) is 13.1 Å². The Morgan fingerprint density at radius 2 is 2.11 bits per heavy atom. The fraction of sp³-hybridized carbons (Fsp3) is 0.750. The Kier molecular flexibility index (Phi) is 4.27. The lowest BCUT2D eigenvalue weighted by Crippen LogP contribution is -2.43. The SMILES string of the molecule is CCNCc1cn[nH]c1S(=O)(=O)NC1(C)CCCC1. The minimum atomic E-state index is -3.53. The Morgan fingerprint density at radius 1 is 1.42 bits per heavy atom. The first-order valence-electron chi connectivity index (χ1n) is 6.74. The summed E-state index contributed by atoms with van der Waals surface area (Å²) < 4.78 is 27.7. The van der Waals surface area contributed by atoms with Crippen LogP contribution < -0.4 is 10.0 Å². The van der Waals surface area contributed by atoms with Crippen molar-refractivity contribution in [3.8, 4) is 0 Å². The van der Waals surface area contributed by atoms with Crippen molar-refractivity contribution in [2.24, 2.45) is 0 Å². The number of nitrogens with one attached hydrogen (secondary N) is 3. The summed E-state index contributed by atoms with van der Waals surface area (Å²) in [6.07, 6.45) is 5.50. The molecule has 1 aliphatic rings. The zero-order valence-corrected chi connectivity index (χ0v) is 12.3. The number of rotatable bonds is 6. The first-order valence-corrected chi connectivity index (χ1v) is 8.22. The van der Waals surface area contributed by atoms with E-state index >= 15 is 0 Å². The summed E-state index contributed by atoms with van der Waals surface area (Å²) in [4.78, 5) is 0. The van der Waals surface area contributed by atoms with Crippen LogP contribution in [-0.2, 0) is 16.6 Å². The number of nitrogens with zero attached hydrogens (tertiary/aromatic N) is 1. The van der Waals surface area contributed by atoms with Crippen molar-refractivity contribution in [3.05, 3.63) is 11.8 Å². The van der Waals surface area contributed by atoms with Gasteiger partial charge in [0.25, 0.3) is 10.0 Å². The smallest absolute Gasteiger partial charge is 0.258 e. The highest BCUT2D eigenvalue weighted by atomic mass is 32.2. The third kappa shape index (κ3) is 3.34. The molecule has 0 amide bonds. The number of hydrogen-bond donors (Lipinski definition) is 3. The average molecular weight is 286 g/mol. The molecule has 2 rings (SSSR count). The van der Waals surface area contributed by atoms with Crippen molar-refractivity contribution < 1.29 is 8.42 Å². The van der Waals surface area contributed by atoms with E-state index in [0.717, 1.165) is 32.2 Å². The molecule has 108 valence electrons. The maximum absolute atomic E-state index is 12.4. The van der Waals surface area contributed by atoms with E-state index in [4.69, 9.17) is 0 Å². The predicted molar refractivity (Wildman–Crippen MR) is 73.2 cm³/mol. The van der Waals surface area contributed by atoms with Crippen LogP contribution in [-0.4, -0.2) is 30.7 Å². The minimum absolute atomic E-state index is 0.182. The van der Waals surface area contributed by atoms with Gasteiger partial charge in [0.2, 0.25) is 0 Å². The van der Waals surface area contributed by atoms with E-state index in [1.165, 1.54) is 0 Å². The van der Waals surface area contributed by atoms with E-state index in [2.05, 4.69) is 20.2 Å². The Balaban J connectivity index is 2.17. The number of sulfonamides is 1. The number of aromatic amines is 1. The molecule has 0 atom stereocenters. The molecule has 3 N–H and O–H groups in total. The van der Waals surface area contributed by atoms with Crippen LogP contribution in [0.2, 0.25) is 0 Å². The van der Waals surface area contributed by atoms with Crippen molar-refractivity contribution in [2.75, 3.05) is 6.54 Å². The van der Waals surface area contributed by atoms with Gasteiger partial charge in [0.1, 0.15) is 0 Å². The maximum atomic E-state index is 12.4. The van der Waals surface area contributed by atoms with Crippen molar-refractivity contribution >= 4 is 10.0 Å². The highest BCUT2D eigenvalue weighted by Crippen LogP contribution is 2.30. The molecule has 0 spiro atoms. The summed E-state index contributed by atoms with van der Waals surface area (Å²) in [6, 6.07) is 0. The predicted octanol–water partition coefficient (Wildman–Crippen LogP) is 1.13. The lowest BCUT2D eigenvalue weighted by molar-refractivity contribution is 0.426. The van der Waals surface area contributed by atoms with Gasteiger partial charge in [-0.05, 0) is 26.3 Å². The van der Waals surface area contributed by atoms with E-state index in [-0.39, 0.29) is 10.6 Å². The highest BCUT2D eigenvalue weighted by Gasteiger charge is 2.34. The zero-order chi connectivity index (χ0) is 13.9. The second-order valence-corrected chi connectivity index (χ2v) is 7.00. The molecule has 1 aromatic rings. The van der Waals surface area contributed by atoms with Gasteiger partial charge < -0.3 is 5.32 Å². The monoisotopic (exact) mass is 286 g/mol. The standard InChI is InChI=1S/C12H22N4O2S/c1-3-13-8-10-9-14-15-11(10)19(17,18)16-12(2)6-4-5-7-12/h9,13,16H,3-8H2,1-2H3,(H,14,15). The molecule has 6 nitrogen and oxygen atoms in total. The van der Waals surface area contributed by atoms with Gasteiger partial charge in [-0.2, -0.15) is 5.10 Å². The largest absolute Gasteiger partial charge is 0.313 e. The molecule has 1 aromatic heterocycles. The van der Waals surface area contributed by atoms with Crippen molar-refractivity contribution in [1.29, 1.82) is 0 Å². The first kappa shape index (κ1) is 14.5. The molecule has 0 unspecified atom stereocenters. The molecule has 0 bridgehead atoms. The van der Waals surface area contributed by atoms with Crippen LogP contribution >= 0.6 is 0 Å². The van der Waals surface area contributed by atoms with Gasteiger partial charge in [0.05, 0.1) is 6.20 Å². The molecule has 0 aromatic carbocycles. The van der Waals surface area contributed by atoms with Crippen LogP contribution in [0.15, 0.2) is 11.2 Å². The van der Waals surface area contributed by atoms with Gasteiger partial charge in [0, 0.05) is 17.6 Å². The molecular formula is C12H22N4O2S. The number of hydrogen-bond acceptors (Lipinski definition) is 4. The first-order chi connectivity index (χ1) is 8.97. The number of H-pyrrole nitrogens is 1. The highest BCUT2D eigenvalue weighted by molar-refractivity contribution is 7.89. The Hall–Kier alpha value is -0.920. The summed E-state index contributed by atoms with van der Waals surface area (Å²) in [5, 5.41) is 9.76. The van der Waals surface area contributed by atoms with Crippen molar-refractivity contribution in [2.45, 2.75) is 56.6 Å². The molecule has 0 radical (unpaired) electrons. The molecule has 7 heteroatoms. The molecular weight excluding hydrogens is 264 g/mol. The summed E-state index contributed by atoms with van der Waals surface area (Å²) >= 11 is 0. The summed E-state index contributed by atoms with van der Waals surface area (Å²) in [5.41, 5.74) is 0.357. The third-order valence-corrected chi connectivity index (χ3v) is 5.25. The lowest BCUT2D eigenvalue weighted by Gasteiger charge is -2.24. The van der Waals surface area contributed by atoms with E-state index < -0.39 is 10.0 Å². The van der Waals surface area contributed by atoms with Crippen LogP contribution in [0.5, 0.6) is 0 Å². The molecule has 19 heavy (non-hydrogen) atoms. The van der Waals surface area contributed by atoms with Crippen LogP contribution in [0, 0.1) is 0 Å². The quantitative estimate of drug-likeness (QED) is 0.731. The fourth-order valence-electron chi connectivity index (χ4n) is 2.55. The van der Waals surface area contributed by atoms with Crippen molar-refractivity contribution in [1.82, 2.24) is 20.2 Å². The maximum Gasteiger partial charge on any atom is 0.258 e. The number of aromatic nitrogens is 2. The Labute approximate surface area is 114 Å². The van der Waals surface area contributed by atoms with E-state index in [1.807, 2.05) is 13.8 Å².